The molecular weight excluding hydrogens is 170 g/mol. The zero-order valence-corrected chi connectivity index (χ0v) is 8.17. The summed E-state index contributed by atoms with van der Waals surface area (Å²) in [6.45, 7) is 4.40. The van der Waals surface area contributed by atoms with E-state index in [4.69, 9.17) is 5.11 Å². The van der Waals surface area contributed by atoms with Crippen molar-refractivity contribution in [1.82, 2.24) is 5.32 Å². The Morgan fingerprint density at radius 1 is 1.38 bits per heavy atom. The van der Waals surface area contributed by atoms with Crippen LogP contribution < -0.4 is 5.32 Å². The summed E-state index contributed by atoms with van der Waals surface area (Å²) in [5, 5.41) is 11.2. The number of carbonyl (C=O) groups is 2. The Morgan fingerprint density at radius 2 is 2.00 bits per heavy atom. The van der Waals surface area contributed by atoms with E-state index in [2.05, 4.69) is 5.32 Å². The van der Waals surface area contributed by atoms with E-state index in [1.165, 1.54) is 0 Å². The molecule has 0 spiro atoms. The van der Waals surface area contributed by atoms with Gasteiger partial charge in [0.2, 0.25) is 5.91 Å². The van der Waals surface area contributed by atoms with Gasteiger partial charge in [-0.25, -0.2) is 0 Å². The smallest absolute Gasteiger partial charge is 0.304 e. The first-order chi connectivity index (χ1) is 6.11. The SMILES string of the molecule is CCCNC(=O)C(CC)CC(=O)O. The van der Waals surface area contributed by atoms with Crippen LogP contribution in [0.15, 0.2) is 0 Å². The van der Waals surface area contributed by atoms with Crippen molar-refractivity contribution in [3.8, 4) is 0 Å². The van der Waals surface area contributed by atoms with Gasteiger partial charge in [-0.2, -0.15) is 0 Å². The largest absolute Gasteiger partial charge is 0.481 e. The lowest BCUT2D eigenvalue weighted by Crippen LogP contribution is -2.32. The van der Waals surface area contributed by atoms with Gasteiger partial charge in [-0.15, -0.1) is 0 Å². The van der Waals surface area contributed by atoms with Gasteiger partial charge in [-0.3, -0.25) is 9.59 Å². The lowest BCUT2D eigenvalue weighted by molar-refractivity contribution is -0.141. The van der Waals surface area contributed by atoms with Crippen LogP contribution in [0.5, 0.6) is 0 Å². The molecule has 1 amide bonds. The second kappa shape index (κ2) is 6.46. The third-order valence-electron chi connectivity index (χ3n) is 1.83. The average molecular weight is 187 g/mol. The van der Waals surface area contributed by atoms with Crippen LogP contribution in [0.3, 0.4) is 0 Å². The van der Waals surface area contributed by atoms with Gasteiger partial charge in [0.15, 0.2) is 0 Å². The Bertz CT molecular complexity index is 180. The number of hydrogen-bond acceptors (Lipinski definition) is 2. The average Bonchev–Trinajstić information content (AvgIpc) is 2.09. The summed E-state index contributed by atoms with van der Waals surface area (Å²) in [6.07, 6.45) is 1.36. The van der Waals surface area contributed by atoms with Gasteiger partial charge in [0.25, 0.3) is 0 Å². The fraction of sp³-hybridized carbons (Fsp3) is 0.778. The fourth-order valence-corrected chi connectivity index (χ4v) is 1.03. The van der Waals surface area contributed by atoms with Gasteiger partial charge in [-0.05, 0) is 12.8 Å². The summed E-state index contributed by atoms with van der Waals surface area (Å²) in [6, 6.07) is 0. The third-order valence-corrected chi connectivity index (χ3v) is 1.83. The van der Waals surface area contributed by atoms with Crippen molar-refractivity contribution in [3.05, 3.63) is 0 Å². The number of hydrogen-bond donors (Lipinski definition) is 2. The summed E-state index contributed by atoms with van der Waals surface area (Å²) >= 11 is 0. The summed E-state index contributed by atoms with van der Waals surface area (Å²) < 4.78 is 0. The van der Waals surface area contributed by atoms with E-state index in [0.717, 1.165) is 6.42 Å². The number of aliphatic carboxylic acids is 1. The first kappa shape index (κ1) is 11.9. The van der Waals surface area contributed by atoms with Gasteiger partial charge < -0.3 is 10.4 Å². The van der Waals surface area contributed by atoms with Gasteiger partial charge in [0, 0.05) is 12.5 Å². The number of carboxylic acid groups (broad SMARTS) is 1. The monoisotopic (exact) mass is 187 g/mol. The van der Waals surface area contributed by atoms with Crippen LogP contribution in [0.4, 0.5) is 0 Å². The molecule has 76 valence electrons. The second-order valence-corrected chi connectivity index (χ2v) is 2.99. The molecule has 0 fully saturated rings. The van der Waals surface area contributed by atoms with Crippen LogP contribution >= 0.6 is 0 Å². The molecule has 0 aliphatic rings. The Balaban J connectivity index is 3.92. The maximum Gasteiger partial charge on any atom is 0.304 e. The van der Waals surface area contributed by atoms with Crippen molar-refractivity contribution in [1.29, 1.82) is 0 Å². The van der Waals surface area contributed by atoms with Gasteiger partial charge in [0.1, 0.15) is 0 Å². The topological polar surface area (TPSA) is 66.4 Å². The van der Waals surface area contributed by atoms with Crippen molar-refractivity contribution < 1.29 is 14.7 Å². The van der Waals surface area contributed by atoms with Crippen molar-refractivity contribution in [3.63, 3.8) is 0 Å². The molecule has 0 aliphatic carbocycles. The minimum atomic E-state index is -0.918. The lowest BCUT2D eigenvalue weighted by Gasteiger charge is -2.11. The molecule has 0 aromatic carbocycles. The molecule has 0 bridgehead atoms. The van der Waals surface area contributed by atoms with Crippen LogP contribution in [0, 0.1) is 5.92 Å². The predicted molar refractivity (Wildman–Crippen MR) is 49.3 cm³/mol. The number of rotatable bonds is 6. The highest BCUT2D eigenvalue weighted by molar-refractivity contribution is 5.83. The number of amides is 1. The molecule has 0 aromatic rings. The summed E-state index contributed by atoms with van der Waals surface area (Å²) in [5.41, 5.74) is 0. The Morgan fingerprint density at radius 3 is 2.38 bits per heavy atom. The minimum Gasteiger partial charge on any atom is -0.481 e. The highest BCUT2D eigenvalue weighted by Crippen LogP contribution is 2.07. The van der Waals surface area contributed by atoms with Crippen LogP contribution in [0.25, 0.3) is 0 Å². The highest BCUT2D eigenvalue weighted by Gasteiger charge is 2.18. The molecule has 1 unspecified atom stereocenters. The molecule has 4 heteroatoms. The molecule has 0 saturated heterocycles. The molecule has 4 nitrogen and oxygen atoms in total. The van der Waals surface area contributed by atoms with Crippen molar-refractivity contribution in [2.75, 3.05) is 6.54 Å². The minimum absolute atomic E-state index is 0.0773. The van der Waals surface area contributed by atoms with Crippen molar-refractivity contribution in [2.24, 2.45) is 5.92 Å². The van der Waals surface area contributed by atoms with E-state index in [1.807, 2.05) is 13.8 Å². The summed E-state index contributed by atoms with van der Waals surface area (Å²) in [4.78, 5) is 21.7. The van der Waals surface area contributed by atoms with Crippen LogP contribution in [0.1, 0.15) is 33.1 Å². The molecule has 0 saturated carbocycles. The quantitative estimate of drug-likeness (QED) is 0.652. The normalized spacial score (nSPS) is 12.2. The zero-order chi connectivity index (χ0) is 10.3. The molecular formula is C9H17NO3. The summed E-state index contributed by atoms with van der Waals surface area (Å²) in [5.74, 6) is -1.45. The lowest BCUT2D eigenvalue weighted by atomic mass is 10.0. The molecule has 0 heterocycles. The molecule has 2 N–H and O–H groups in total. The van der Waals surface area contributed by atoms with E-state index in [1.54, 1.807) is 0 Å². The van der Waals surface area contributed by atoms with E-state index >= 15 is 0 Å². The maximum absolute atomic E-state index is 11.3. The van der Waals surface area contributed by atoms with Crippen LogP contribution in [-0.4, -0.2) is 23.5 Å². The number of carboxylic acids is 1. The van der Waals surface area contributed by atoms with E-state index in [-0.39, 0.29) is 18.2 Å². The summed E-state index contributed by atoms with van der Waals surface area (Å²) in [7, 11) is 0. The molecule has 0 radical (unpaired) electrons. The third kappa shape index (κ3) is 5.22. The molecule has 13 heavy (non-hydrogen) atoms. The van der Waals surface area contributed by atoms with Crippen molar-refractivity contribution in [2.45, 2.75) is 33.1 Å². The van der Waals surface area contributed by atoms with Gasteiger partial charge in [0.05, 0.1) is 6.42 Å². The van der Waals surface area contributed by atoms with Crippen LogP contribution in [0.2, 0.25) is 0 Å². The molecule has 0 rings (SSSR count). The maximum atomic E-state index is 11.3. The van der Waals surface area contributed by atoms with E-state index in [0.29, 0.717) is 13.0 Å². The first-order valence-electron chi connectivity index (χ1n) is 4.61. The Kier molecular flexibility index (Phi) is 5.93. The predicted octanol–water partition coefficient (Wildman–Crippen LogP) is 1.01. The molecule has 0 aromatic heterocycles. The number of nitrogens with one attached hydrogen (secondary N) is 1. The molecule has 1 atom stereocenters. The number of carbonyl (C=O) groups excluding carboxylic acids is 1. The van der Waals surface area contributed by atoms with Crippen LogP contribution in [-0.2, 0) is 9.59 Å². The van der Waals surface area contributed by atoms with Gasteiger partial charge in [-0.1, -0.05) is 13.8 Å². The zero-order valence-electron chi connectivity index (χ0n) is 8.17. The van der Waals surface area contributed by atoms with Gasteiger partial charge >= 0.3 is 5.97 Å². The van der Waals surface area contributed by atoms with E-state index in [9.17, 15) is 9.59 Å². The van der Waals surface area contributed by atoms with Crippen molar-refractivity contribution >= 4 is 11.9 Å². The standard InChI is InChI=1S/C9H17NO3/c1-3-5-10-9(13)7(4-2)6-8(11)12/h7H,3-6H2,1-2H3,(H,10,13)(H,11,12). The van der Waals surface area contributed by atoms with E-state index < -0.39 is 5.97 Å². The molecule has 0 aliphatic heterocycles. The first-order valence-corrected chi connectivity index (χ1v) is 4.61. The Labute approximate surface area is 78.3 Å². The highest BCUT2D eigenvalue weighted by atomic mass is 16.4. The second-order valence-electron chi connectivity index (χ2n) is 2.99. The fourth-order valence-electron chi connectivity index (χ4n) is 1.03. The Hall–Kier alpha value is -1.06.